The van der Waals surface area contributed by atoms with E-state index in [1.807, 2.05) is 6.92 Å². The molecule has 104 valence electrons. The van der Waals surface area contributed by atoms with Gasteiger partial charge in [0, 0.05) is 6.08 Å². The Morgan fingerprint density at radius 3 is 2.79 bits per heavy atom. The first kappa shape index (κ1) is 15.5. The fourth-order valence-corrected chi connectivity index (χ4v) is 1.78. The van der Waals surface area contributed by atoms with Crippen molar-refractivity contribution in [3.05, 3.63) is 28.6 Å². The smallest absolute Gasteiger partial charge is 0.326 e. The number of hydrogen-bond acceptors (Lipinski definition) is 3. The first-order valence-electron chi connectivity index (χ1n) is 5.99. The van der Waals surface area contributed by atoms with Crippen LogP contribution in [0.15, 0.2) is 27.3 Å². The molecular formula is C13H16BrNO4. The molecule has 0 radical (unpaired) electrons. The molecular weight excluding hydrogens is 314 g/mol. The molecule has 1 unspecified atom stereocenters. The van der Waals surface area contributed by atoms with Gasteiger partial charge in [-0.2, -0.15) is 0 Å². The maximum atomic E-state index is 11.6. The third-order valence-corrected chi connectivity index (χ3v) is 2.88. The molecule has 0 saturated carbocycles. The van der Waals surface area contributed by atoms with Crippen LogP contribution in [-0.4, -0.2) is 23.0 Å². The summed E-state index contributed by atoms with van der Waals surface area (Å²) in [6.07, 6.45) is 4.81. The zero-order chi connectivity index (χ0) is 14.3. The summed E-state index contributed by atoms with van der Waals surface area (Å²) in [7, 11) is 0. The average Bonchev–Trinajstić information content (AvgIpc) is 2.77. The SMILES string of the molecule is CCCCC(NC(=O)/C=C/c1ccc(Br)o1)C(=O)O. The minimum atomic E-state index is -1.02. The van der Waals surface area contributed by atoms with Crippen molar-refractivity contribution >= 4 is 33.9 Å². The molecule has 6 heteroatoms. The molecule has 1 atom stereocenters. The minimum Gasteiger partial charge on any atom is -0.480 e. The second-order valence-corrected chi connectivity index (χ2v) is 4.80. The molecule has 0 aromatic carbocycles. The normalized spacial score (nSPS) is 12.5. The molecule has 2 N–H and O–H groups in total. The molecule has 1 heterocycles. The van der Waals surface area contributed by atoms with Gasteiger partial charge < -0.3 is 14.8 Å². The van der Waals surface area contributed by atoms with Crippen molar-refractivity contribution in [3.63, 3.8) is 0 Å². The molecule has 0 saturated heterocycles. The van der Waals surface area contributed by atoms with Crippen LogP contribution in [0.25, 0.3) is 6.08 Å². The predicted octanol–water partition coefficient (Wildman–Crippen LogP) is 2.81. The van der Waals surface area contributed by atoms with E-state index in [4.69, 9.17) is 9.52 Å². The molecule has 5 nitrogen and oxygen atoms in total. The highest BCUT2D eigenvalue weighted by Crippen LogP contribution is 2.14. The van der Waals surface area contributed by atoms with Crippen molar-refractivity contribution in [3.8, 4) is 0 Å². The summed E-state index contributed by atoms with van der Waals surface area (Å²) in [4.78, 5) is 22.5. The number of carboxylic acid groups (broad SMARTS) is 1. The van der Waals surface area contributed by atoms with Gasteiger partial charge in [-0.05, 0) is 40.6 Å². The Kier molecular flexibility index (Phi) is 6.35. The summed E-state index contributed by atoms with van der Waals surface area (Å²) in [6.45, 7) is 1.97. The van der Waals surface area contributed by atoms with Crippen LogP contribution in [0.2, 0.25) is 0 Å². The van der Waals surface area contributed by atoms with Crippen molar-refractivity contribution < 1.29 is 19.1 Å². The van der Waals surface area contributed by atoms with E-state index >= 15 is 0 Å². The van der Waals surface area contributed by atoms with Crippen LogP contribution in [0, 0.1) is 0 Å². The zero-order valence-electron chi connectivity index (χ0n) is 10.6. The molecule has 1 aromatic heterocycles. The van der Waals surface area contributed by atoms with E-state index in [0.29, 0.717) is 16.9 Å². The van der Waals surface area contributed by atoms with E-state index in [9.17, 15) is 9.59 Å². The van der Waals surface area contributed by atoms with E-state index in [2.05, 4.69) is 21.2 Å². The topological polar surface area (TPSA) is 79.5 Å². The van der Waals surface area contributed by atoms with E-state index < -0.39 is 17.9 Å². The Labute approximate surface area is 119 Å². The molecule has 1 rings (SSSR count). The number of amides is 1. The van der Waals surface area contributed by atoms with Crippen LogP contribution >= 0.6 is 15.9 Å². The van der Waals surface area contributed by atoms with Crippen molar-refractivity contribution in [2.45, 2.75) is 32.2 Å². The fraction of sp³-hybridized carbons (Fsp3) is 0.385. The Morgan fingerprint density at radius 2 is 2.26 bits per heavy atom. The van der Waals surface area contributed by atoms with Crippen LogP contribution in [0.4, 0.5) is 0 Å². The monoisotopic (exact) mass is 329 g/mol. The molecule has 1 amide bonds. The van der Waals surface area contributed by atoms with E-state index in [1.54, 1.807) is 12.1 Å². The molecule has 0 aliphatic rings. The van der Waals surface area contributed by atoms with Gasteiger partial charge in [0.15, 0.2) is 4.67 Å². The number of carbonyl (C=O) groups is 2. The van der Waals surface area contributed by atoms with Crippen molar-refractivity contribution in [2.75, 3.05) is 0 Å². The molecule has 0 aliphatic carbocycles. The molecule has 0 aliphatic heterocycles. The van der Waals surface area contributed by atoms with E-state index in [-0.39, 0.29) is 0 Å². The highest BCUT2D eigenvalue weighted by atomic mass is 79.9. The molecule has 19 heavy (non-hydrogen) atoms. The molecule has 0 fully saturated rings. The Hall–Kier alpha value is -1.56. The van der Waals surface area contributed by atoms with Crippen molar-refractivity contribution in [1.82, 2.24) is 5.32 Å². The van der Waals surface area contributed by atoms with Crippen LogP contribution in [0.3, 0.4) is 0 Å². The van der Waals surface area contributed by atoms with Gasteiger partial charge in [-0.3, -0.25) is 4.79 Å². The van der Waals surface area contributed by atoms with Crippen molar-refractivity contribution in [1.29, 1.82) is 0 Å². The Balaban J connectivity index is 2.52. The lowest BCUT2D eigenvalue weighted by Crippen LogP contribution is -2.39. The van der Waals surface area contributed by atoms with Gasteiger partial charge in [0.1, 0.15) is 11.8 Å². The van der Waals surface area contributed by atoms with Crippen molar-refractivity contribution in [2.24, 2.45) is 0 Å². The number of carbonyl (C=O) groups excluding carboxylic acids is 1. The summed E-state index contributed by atoms with van der Waals surface area (Å²) < 4.78 is 5.75. The summed E-state index contributed by atoms with van der Waals surface area (Å²) >= 11 is 3.15. The lowest BCUT2D eigenvalue weighted by molar-refractivity contribution is -0.141. The van der Waals surface area contributed by atoms with Gasteiger partial charge in [0.05, 0.1) is 0 Å². The van der Waals surface area contributed by atoms with Crippen LogP contribution < -0.4 is 5.32 Å². The summed E-state index contributed by atoms with van der Waals surface area (Å²) in [5, 5.41) is 11.4. The largest absolute Gasteiger partial charge is 0.480 e. The second kappa shape index (κ2) is 7.78. The third-order valence-electron chi connectivity index (χ3n) is 2.45. The van der Waals surface area contributed by atoms with Crippen LogP contribution in [0.1, 0.15) is 31.9 Å². The number of aliphatic carboxylic acids is 1. The standard InChI is InChI=1S/C13H16BrNO4/c1-2-3-4-10(13(17)18)15-12(16)8-6-9-5-7-11(14)19-9/h5-8,10H,2-4H2,1H3,(H,15,16)(H,17,18)/b8-6+. The number of halogens is 1. The van der Waals surface area contributed by atoms with Gasteiger partial charge in [0.25, 0.3) is 0 Å². The minimum absolute atomic E-state index is 0.428. The zero-order valence-corrected chi connectivity index (χ0v) is 12.1. The highest BCUT2D eigenvalue weighted by Gasteiger charge is 2.17. The van der Waals surface area contributed by atoms with E-state index in [0.717, 1.165) is 12.8 Å². The predicted molar refractivity (Wildman–Crippen MR) is 74.5 cm³/mol. The quantitative estimate of drug-likeness (QED) is 0.754. The number of rotatable bonds is 7. The number of hydrogen-bond donors (Lipinski definition) is 2. The molecule has 0 bridgehead atoms. The van der Waals surface area contributed by atoms with Crippen LogP contribution in [-0.2, 0) is 9.59 Å². The Bertz CT molecular complexity index is 467. The van der Waals surface area contributed by atoms with Crippen LogP contribution in [0.5, 0.6) is 0 Å². The number of unbranched alkanes of at least 4 members (excludes halogenated alkanes) is 1. The fourth-order valence-electron chi connectivity index (χ4n) is 1.46. The summed E-state index contributed by atoms with van der Waals surface area (Å²) in [5.41, 5.74) is 0. The summed E-state index contributed by atoms with van der Waals surface area (Å²) in [6, 6.07) is 2.55. The Morgan fingerprint density at radius 1 is 1.53 bits per heavy atom. The maximum absolute atomic E-state index is 11.6. The van der Waals surface area contributed by atoms with Gasteiger partial charge in [0.2, 0.25) is 5.91 Å². The van der Waals surface area contributed by atoms with Gasteiger partial charge >= 0.3 is 5.97 Å². The number of carboxylic acids is 1. The lowest BCUT2D eigenvalue weighted by Gasteiger charge is -2.12. The van der Waals surface area contributed by atoms with Gasteiger partial charge in [-0.1, -0.05) is 19.8 Å². The molecule has 1 aromatic rings. The maximum Gasteiger partial charge on any atom is 0.326 e. The van der Waals surface area contributed by atoms with Gasteiger partial charge in [-0.25, -0.2) is 4.79 Å². The molecule has 0 spiro atoms. The average molecular weight is 330 g/mol. The first-order valence-corrected chi connectivity index (χ1v) is 6.79. The highest BCUT2D eigenvalue weighted by molar-refractivity contribution is 9.10. The number of nitrogens with one attached hydrogen (secondary N) is 1. The third kappa shape index (κ3) is 5.74. The van der Waals surface area contributed by atoms with Gasteiger partial charge in [-0.15, -0.1) is 0 Å². The van der Waals surface area contributed by atoms with E-state index in [1.165, 1.54) is 12.2 Å². The second-order valence-electron chi connectivity index (χ2n) is 4.02. The lowest BCUT2D eigenvalue weighted by atomic mass is 10.1. The first-order chi connectivity index (χ1) is 9.02. The number of furan rings is 1. The summed E-state index contributed by atoms with van der Waals surface area (Å²) in [5.74, 6) is -0.950.